The van der Waals surface area contributed by atoms with Gasteiger partial charge in [0.1, 0.15) is 0 Å². The lowest BCUT2D eigenvalue weighted by atomic mass is 10.0. The zero-order chi connectivity index (χ0) is 15.2. The van der Waals surface area contributed by atoms with Crippen LogP contribution < -0.4 is 5.32 Å². The molecular formula is C17H20BrClN2. The molecule has 2 aromatic rings. The summed E-state index contributed by atoms with van der Waals surface area (Å²) in [4.78, 5) is 4.55. The van der Waals surface area contributed by atoms with E-state index in [1.807, 2.05) is 18.3 Å². The SMILES string of the molecule is CCNC(Cc1ccc(CC)cn1)c1ccc(Br)cc1Cl. The molecule has 1 aromatic heterocycles. The van der Waals surface area contributed by atoms with Crippen LogP contribution in [-0.4, -0.2) is 11.5 Å². The second-order valence-corrected chi connectivity index (χ2v) is 6.31. The van der Waals surface area contributed by atoms with Gasteiger partial charge >= 0.3 is 0 Å². The van der Waals surface area contributed by atoms with E-state index in [-0.39, 0.29) is 6.04 Å². The highest BCUT2D eigenvalue weighted by Crippen LogP contribution is 2.28. The fourth-order valence-electron chi connectivity index (χ4n) is 2.32. The topological polar surface area (TPSA) is 24.9 Å². The standard InChI is InChI=1S/C17H20BrClN2/c1-3-12-5-7-14(21-11-12)10-17(20-4-2)15-8-6-13(18)9-16(15)19/h5-9,11,17,20H,3-4,10H2,1-2H3. The number of hydrogen-bond donors (Lipinski definition) is 1. The summed E-state index contributed by atoms with van der Waals surface area (Å²) in [7, 11) is 0. The maximum atomic E-state index is 6.38. The Balaban J connectivity index is 2.21. The molecule has 0 bridgehead atoms. The van der Waals surface area contributed by atoms with Gasteiger partial charge in [0.25, 0.3) is 0 Å². The number of benzene rings is 1. The third kappa shape index (κ3) is 4.53. The van der Waals surface area contributed by atoms with Gasteiger partial charge in [0, 0.05) is 33.8 Å². The van der Waals surface area contributed by atoms with E-state index in [9.17, 15) is 0 Å². The van der Waals surface area contributed by atoms with Crippen LogP contribution >= 0.6 is 27.5 Å². The van der Waals surface area contributed by atoms with E-state index < -0.39 is 0 Å². The Bertz CT molecular complexity index is 584. The molecule has 21 heavy (non-hydrogen) atoms. The lowest BCUT2D eigenvalue weighted by Gasteiger charge is -2.19. The molecule has 0 saturated carbocycles. The van der Waals surface area contributed by atoms with E-state index in [1.54, 1.807) is 0 Å². The molecule has 0 fully saturated rings. The number of nitrogens with zero attached hydrogens (tertiary/aromatic N) is 1. The lowest BCUT2D eigenvalue weighted by molar-refractivity contribution is 0.544. The zero-order valence-corrected chi connectivity index (χ0v) is 14.7. The molecule has 1 atom stereocenters. The Morgan fingerprint density at radius 3 is 2.62 bits per heavy atom. The van der Waals surface area contributed by atoms with Gasteiger partial charge in [0.15, 0.2) is 0 Å². The van der Waals surface area contributed by atoms with E-state index in [2.05, 4.69) is 58.3 Å². The van der Waals surface area contributed by atoms with Gasteiger partial charge in [-0.15, -0.1) is 0 Å². The van der Waals surface area contributed by atoms with Crippen LogP contribution in [0.3, 0.4) is 0 Å². The van der Waals surface area contributed by atoms with Gasteiger partial charge in [-0.2, -0.15) is 0 Å². The molecule has 1 N–H and O–H groups in total. The van der Waals surface area contributed by atoms with Crippen molar-refractivity contribution in [3.63, 3.8) is 0 Å². The first-order chi connectivity index (χ1) is 10.1. The summed E-state index contributed by atoms with van der Waals surface area (Å²) in [5.74, 6) is 0. The summed E-state index contributed by atoms with van der Waals surface area (Å²) in [5, 5.41) is 4.27. The largest absolute Gasteiger partial charge is 0.310 e. The Kier molecular flexibility index (Phi) is 6.22. The van der Waals surface area contributed by atoms with E-state index in [0.29, 0.717) is 0 Å². The lowest BCUT2D eigenvalue weighted by Crippen LogP contribution is -2.23. The minimum atomic E-state index is 0.176. The number of aryl methyl sites for hydroxylation is 1. The Labute approximate surface area is 140 Å². The van der Waals surface area contributed by atoms with Crippen LogP contribution in [0.25, 0.3) is 0 Å². The van der Waals surface area contributed by atoms with Crippen LogP contribution in [0.1, 0.15) is 36.7 Å². The quantitative estimate of drug-likeness (QED) is 0.781. The number of rotatable bonds is 6. The molecule has 2 rings (SSSR count). The molecule has 0 radical (unpaired) electrons. The molecule has 0 amide bonds. The molecule has 2 nitrogen and oxygen atoms in total. The van der Waals surface area contributed by atoms with Gasteiger partial charge in [0.2, 0.25) is 0 Å². The van der Waals surface area contributed by atoms with Crippen molar-refractivity contribution in [3.05, 3.63) is 62.8 Å². The number of likely N-dealkylation sites (N-methyl/N-ethyl adjacent to an activating group) is 1. The first-order valence-electron chi connectivity index (χ1n) is 7.26. The maximum Gasteiger partial charge on any atom is 0.0465 e. The minimum absolute atomic E-state index is 0.176. The van der Waals surface area contributed by atoms with Crippen LogP contribution in [0.2, 0.25) is 5.02 Å². The van der Waals surface area contributed by atoms with Crippen molar-refractivity contribution in [1.29, 1.82) is 0 Å². The van der Waals surface area contributed by atoms with Crippen molar-refractivity contribution in [2.45, 2.75) is 32.7 Å². The van der Waals surface area contributed by atoms with Crippen LogP contribution in [0, 0.1) is 0 Å². The van der Waals surface area contributed by atoms with Gasteiger partial charge in [-0.3, -0.25) is 4.98 Å². The second kappa shape index (κ2) is 7.92. The van der Waals surface area contributed by atoms with Crippen molar-refractivity contribution in [1.82, 2.24) is 10.3 Å². The van der Waals surface area contributed by atoms with Crippen molar-refractivity contribution in [2.75, 3.05) is 6.54 Å². The van der Waals surface area contributed by atoms with Gasteiger partial charge in [-0.05, 0) is 42.3 Å². The molecule has 112 valence electrons. The maximum absolute atomic E-state index is 6.38. The fourth-order valence-corrected chi connectivity index (χ4v) is 3.12. The third-order valence-electron chi connectivity index (χ3n) is 3.50. The van der Waals surface area contributed by atoms with E-state index in [4.69, 9.17) is 11.6 Å². The van der Waals surface area contributed by atoms with Gasteiger partial charge in [0.05, 0.1) is 0 Å². The smallest absolute Gasteiger partial charge is 0.0465 e. The zero-order valence-electron chi connectivity index (χ0n) is 12.4. The summed E-state index contributed by atoms with van der Waals surface area (Å²) in [6.45, 7) is 5.14. The number of halogens is 2. The number of aromatic nitrogens is 1. The van der Waals surface area contributed by atoms with Crippen LogP contribution in [0.4, 0.5) is 0 Å². The van der Waals surface area contributed by atoms with Crippen molar-refractivity contribution in [3.8, 4) is 0 Å². The van der Waals surface area contributed by atoms with Gasteiger partial charge < -0.3 is 5.32 Å². The summed E-state index contributed by atoms with van der Waals surface area (Å²) >= 11 is 9.83. The van der Waals surface area contributed by atoms with Crippen molar-refractivity contribution >= 4 is 27.5 Å². The predicted octanol–water partition coefficient (Wildman–Crippen LogP) is 4.95. The summed E-state index contributed by atoms with van der Waals surface area (Å²) < 4.78 is 0.997. The molecule has 1 heterocycles. The van der Waals surface area contributed by atoms with Crippen LogP contribution in [0.15, 0.2) is 41.0 Å². The summed E-state index contributed by atoms with van der Waals surface area (Å²) in [6, 6.07) is 10.5. The molecule has 0 aliphatic heterocycles. The molecule has 0 aliphatic rings. The number of hydrogen-bond acceptors (Lipinski definition) is 2. The van der Waals surface area contributed by atoms with Crippen LogP contribution in [0.5, 0.6) is 0 Å². The van der Waals surface area contributed by atoms with Crippen molar-refractivity contribution in [2.24, 2.45) is 0 Å². The molecule has 1 aromatic carbocycles. The number of pyridine rings is 1. The summed E-state index contributed by atoms with van der Waals surface area (Å²) in [6.07, 6.45) is 3.81. The highest BCUT2D eigenvalue weighted by molar-refractivity contribution is 9.10. The highest BCUT2D eigenvalue weighted by Gasteiger charge is 2.15. The van der Waals surface area contributed by atoms with Gasteiger partial charge in [-0.1, -0.05) is 53.5 Å². The van der Waals surface area contributed by atoms with E-state index in [0.717, 1.165) is 40.1 Å². The molecule has 0 spiro atoms. The van der Waals surface area contributed by atoms with Crippen molar-refractivity contribution < 1.29 is 0 Å². The normalized spacial score (nSPS) is 12.4. The number of nitrogens with one attached hydrogen (secondary N) is 1. The third-order valence-corrected chi connectivity index (χ3v) is 4.32. The Hall–Kier alpha value is -0.900. The molecule has 1 unspecified atom stereocenters. The van der Waals surface area contributed by atoms with Gasteiger partial charge in [-0.25, -0.2) is 0 Å². The highest BCUT2D eigenvalue weighted by atomic mass is 79.9. The average Bonchev–Trinajstić information content (AvgIpc) is 2.48. The second-order valence-electron chi connectivity index (χ2n) is 4.99. The Morgan fingerprint density at radius 1 is 1.24 bits per heavy atom. The molecular weight excluding hydrogens is 348 g/mol. The monoisotopic (exact) mass is 366 g/mol. The average molecular weight is 368 g/mol. The molecule has 4 heteroatoms. The minimum Gasteiger partial charge on any atom is -0.310 e. The van der Waals surface area contributed by atoms with Crippen LogP contribution in [-0.2, 0) is 12.8 Å². The first-order valence-corrected chi connectivity index (χ1v) is 8.43. The Morgan fingerprint density at radius 2 is 2.05 bits per heavy atom. The first kappa shape index (κ1) is 16.5. The fraction of sp³-hybridized carbons (Fsp3) is 0.353. The predicted molar refractivity (Wildman–Crippen MR) is 92.9 cm³/mol. The van der Waals surface area contributed by atoms with E-state index in [1.165, 1.54) is 5.56 Å². The molecule has 0 saturated heterocycles. The molecule has 0 aliphatic carbocycles. The summed E-state index contributed by atoms with van der Waals surface area (Å²) in [5.41, 5.74) is 3.46. The van der Waals surface area contributed by atoms with E-state index >= 15 is 0 Å².